The first-order chi connectivity index (χ1) is 22.5. The van der Waals surface area contributed by atoms with Crippen LogP contribution in [0.5, 0.6) is 0 Å². The van der Waals surface area contributed by atoms with Gasteiger partial charge in [-0.3, -0.25) is 0 Å². The van der Waals surface area contributed by atoms with E-state index in [4.69, 9.17) is 0 Å². The predicted octanol–water partition coefficient (Wildman–Crippen LogP) is 6.21. The molecule has 0 fully saturated rings. The summed E-state index contributed by atoms with van der Waals surface area (Å²) in [6.45, 7) is 0. The number of hydrogen-bond donors (Lipinski definition) is 0. The van der Waals surface area contributed by atoms with Gasteiger partial charge in [-0.2, -0.15) is 0 Å². The fourth-order valence-electron chi connectivity index (χ4n) is 4.69. The smallest absolute Gasteiger partial charge is 0.0620 e. The van der Waals surface area contributed by atoms with Crippen LogP contribution in [0.15, 0.2) is 182 Å². The molecule has 0 aliphatic rings. The van der Waals surface area contributed by atoms with Crippen LogP contribution < -0.4 is 58.3 Å². The molecule has 0 atom stereocenters. The Labute approximate surface area is 361 Å². The van der Waals surface area contributed by atoms with Crippen molar-refractivity contribution >= 4 is 160 Å². The van der Waals surface area contributed by atoms with Crippen molar-refractivity contribution in [3.63, 3.8) is 0 Å². The average Bonchev–Trinajstić information content (AvgIpc) is 3.14. The zero-order chi connectivity index (χ0) is 33.1. The third-order valence-electron chi connectivity index (χ3n) is 6.67. The van der Waals surface area contributed by atoms with E-state index in [0.29, 0.717) is 26.5 Å². The van der Waals surface area contributed by atoms with Gasteiger partial charge in [-0.15, -0.1) is 0 Å². The summed E-state index contributed by atoms with van der Waals surface area (Å²) >= 11 is 16.0. The normalized spacial score (nSPS) is 10.7. The Balaban J connectivity index is 0.000000214. The van der Waals surface area contributed by atoms with Crippen LogP contribution in [0.1, 0.15) is 0 Å². The van der Waals surface area contributed by atoms with Crippen molar-refractivity contribution in [2.45, 2.75) is 0 Å². The Hall–Kier alpha value is 2.02. The Bertz CT molecular complexity index is 1310. The van der Waals surface area contributed by atoms with Crippen molar-refractivity contribution in [1.82, 2.24) is 0 Å². The van der Waals surface area contributed by atoms with Gasteiger partial charge in [0.1, 0.15) is 31.8 Å². The summed E-state index contributed by atoms with van der Waals surface area (Å²) in [7, 11) is 0. The van der Waals surface area contributed by atoms with Crippen LogP contribution in [-0.2, 0) is 0 Å². The molecule has 6 aromatic carbocycles. The zero-order valence-electron chi connectivity index (χ0n) is 24.2. The van der Waals surface area contributed by atoms with Gasteiger partial charge < -0.3 is 0 Å². The van der Waals surface area contributed by atoms with Crippen LogP contribution in [0, 0.1) is 0 Å². The second-order valence-electron chi connectivity index (χ2n) is 9.30. The summed E-state index contributed by atoms with van der Waals surface area (Å²) in [6, 6.07) is 65.1. The number of halogens is 8. The summed E-state index contributed by atoms with van der Waals surface area (Å²) in [4.78, 5) is -3.11. The molecule has 0 aliphatic heterocycles. The maximum absolute atomic E-state index is 2.68. The minimum absolute atomic E-state index is 0.530. The van der Waals surface area contributed by atoms with Gasteiger partial charge in [0.15, 0.2) is 53.9 Å². The Morgan fingerprint density at radius 2 is 0.370 bits per heavy atom. The van der Waals surface area contributed by atoms with E-state index in [1.807, 2.05) is 0 Å². The zero-order valence-corrected chi connectivity index (χ0v) is 43.3. The van der Waals surface area contributed by atoms with Gasteiger partial charge in [0.2, 0.25) is 0 Å². The van der Waals surface area contributed by atoms with Gasteiger partial charge in [-0.05, 0) is 72.8 Å². The molecule has 0 aliphatic carbocycles. The first-order valence-electron chi connectivity index (χ1n) is 13.7. The number of rotatable bonds is 6. The predicted molar refractivity (Wildman–Crippen MR) is 254 cm³/mol. The van der Waals surface area contributed by atoms with E-state index >= 15 is 0 Å². The molecule has 0 heterocycles. The molecule has 0 saturated heterocycles. The summed E-state index contributed by atoms with van der Waals surface area (Å²) in [6.07, 6.45) is 0. The molecule has 10 heteroatoms. The van der Waals surface area contributed by atoms with Crippen molar-refractivity contribution in [2.75, 3.05) is 0 Å². The van der Waals surface area contributed by atoms with E-state index in [1.54, 1.807) is 0 Å². The third kappa shape index (κ3) is 12.6. The molecular formula is C36H30I8P2. The molecular weight excluding hydrogens is 1510 g/mol. The van der Waals surface area contributed by atoms with Crippen LogP contribution in [-0.4, -0.2) is 0 Å². The summed E-state index contributed by atoms with van der Waals surface area (Å²) in [5, 5.41) is 8.49. The molecule has 0 amide bonds. The van der Waals surface area contributed by atoms with Crippen molar-refractivity contribution in [3.05, 3.63) is 182 Å². The maximum atomic E-state index is 2.68. The monoisotopic (exact) mass is 1540 g/mol. The van der Waals surface area contributed by atoms with Gasteiger partial charge in [0.25, 0.3) is 0 Å². The number of benzene rings is 6. The van der Waals surface area contributed by atoms with Crippen molar-refractivity contribution in [3.8, 4) is 0 Å². The maximum Gasteiger partial charge on any atom is 0.173 e. The van der Waals surface area contributed by atoms with Crippen molar-refractivity contribution < 1.29 is 26.5 Å². The third-order valence-corrected chi connectivity index (χ3v) is 22.8. The van der Waals surface area contributed by atoms with E-state index in [-0.39, 0.29) is 0 Å². The minimum Gasteiger partial charge on any atom is -0.0620 e. The Kier molecular flexibility index (Phi) is 22.4. The van der Waals surface area contributed by atoms with E-state index in [9.17, 15) is 0 Å². The molecule has 0 radical (unpaired) electrons. The molecule has 0 nitrogen and oxygen atoms in total. The van der Waals surface area contributed by atoms with E-state index in [0.717, 1.165) is 0 Å². The molecule has 240 valence electrons. The van der Waals surface area contributed by atoms with Crippen LogP contribution in [0.4, 0.5) is 0 Å². The molecule has 0 aromatic heterocycles. The topological polar surface area (TPSA) is 0 Å². The van der Waals surface area contributed by atoms with Gasteiger partial charge in [-0.25, -0.2) is 0 Å². The van der Waals surface area contributed by atoms with Crippen LogP contribution >= 0.6 is 128 Å². The van der Waals surface area contributed by atoms with E-state index in [1.165, 1.54) is 31.8 Å². The Morgan fingerprint density at radius 3 is 0.478 bits per heavy atom. The standard InChI is InChI=1S/2C18H15IP.2I3/c2*19-20(16-10-4-1-5-11-16,17-12-6-2-7-13-17)18-14-8-3-9-15-18;2*1-3-2/h2*1-15H;;/q2*+1;2*-1. The molecule has 6 aromatic rings. The fourth-order valence-corrected chi connectivity index (χ4v) is 15.8. The summed E-state index contributed by atoms with van der Waals surface area (Å²) < 4.78 is 0. The molecule has 0 spiro atoms. The SMILES string of the molecule is I[I-]I.I[I-]I.I[P+](c1ccccc1)(c1ccccc1)c1ccccc1.I[P+](c1ccccc1)(c1ccccc1)c1ccccc1. The Morgan fingerprint density at radius 1 is 0.261 bits per heavy atom. The first-order valence-corrected chi connectivity index (χ1v) is 48.0. The molecule has 46 heavy (non-hydrogen) atoms. The summed E-state index contributed by atoms with van der Waals surface area (Å²) in [5.74, 6) is 0. The largest absolute Gasteiger partial charge is 0.173 e. The minimum atomic E-state index is -1.56. The molecule has 0 unspecified atom stereocenters. The fraction of sp³-hybridized carbons (Fsp3) is 0. The van der Waals surface area contributed by atoms with Crippen LogP contribution in [0.3, 0.4) is 0 Å². The second-order valence-corrected chi connectivity index (χ2v) is 55.9. The van der Waals surface area contributed by atoms with Gasteiger partial charge in [0, 0.05) is 0 Å². The molecule has 0 N–H and O–H groups in total. The summed E-state index contributed by atoms with van der Waals surface area (Å²) in [5.41, 5.74) is 0. The quantitative estimate of drug-likeness (QED) is 0.138. The van der Waals surface area contributed by atoms with Gasteiger partial charge >= 0.3 is 101 Å². The van der Waals surface area contributed by atoms with E-state index < -0.39 is 9.81 Å². The second kappa shape index (κ2) is 24.3. The molecule has 0 saturated carbocycles. The first kappa shape index (κ1) is 42.4. The molecule has 6 rings (SSSR count). The average molecular weight is 1540 g/mol. The molecule has 0 bridgehead atoms. The van der Waals surface area contributed by atoms with E-state index in [2.05, 4.69) is 301 Å². The van der Waals surface area contributed by atoms with Crippen LogP contribution in [0.25, 0.3) is 0 Å². The van der Waals surface area contributed by atoms with Crippen molar-refractivity contribution in [1.29, 1.82) is 0 Å². The van der Waals surface area contributed by atoms with Crippen molar-refractivity contribution in [2.24, 2.45) is 0 Å². The van der Waals surface area contributed by atoms with Crippen LogP contribution in [0.2, 0.25) is 0 Å². The van der Waals surface area contributed by atoms with Gasteiger partial charge in [0.05, 0.1) is 0 Å². The van der Waals surface area contributed by atoms with Gasteiger partial charge in [-0.1, -0.05) is 109 Å². The number of hydrogen-bond acceptors (Lipinski definition) is 0.